The molecule has 0 aliphatic carbocycles. The zero-order valence-corrected chi connectivity index (χ0v) is 20.1. The number of thioether (sulfide) groups is 1. The van der Waals surface area contributed by atoms with Gasteiger partial charge in [-0.05, 0) is 53.6 Å². The van der Waals surface area contributed by atoms with E-state index in [1.54, 1.807) is 11.8 Å². The van der Waals surface area contributed by atoms with E-state index in [0.717, 1.165) is 32.7 Å². The molecule has 0 bridgehead atoms. The van der Waals surface area contributed by atoms with Crippen molar-refractivity contribution in [2.24, 2.45) is 0 Å². The Hall–Kier alpha value is -2.78. The summed E-state index contributed by atoms with van der Waals surface area (Å²) in [7, 11) is 0. The molecule has 4 aromatic rings. The molecule has 0 radical (unpaired) electrons. The molecule has 4 rings (SSSR count). The van der Waals surface area contributed by atoms with Crippen molar-refractivity contribution < 1.29 is 19.4 Å². The number of aromatic nitrogens is 1. The van der Waals surface area contributed by atoms with Crippen molar-refractivity contribution in [3.05, 3.63) is 71.8 Å². The summed E-state index contributed by atoms with van der Waals surface area (Å²) in [5.41, 5.74) is 6.56. The summed E-state index contributed by atoms with van der Waals surface area (Å²) in [6.07, 6.45) is 1.95. The molecule has 3 N–H and O–H groups in total. The first-order chi connectivity index (χ1) is 15.5. The molecule has 0 spiro atoms. The largest absolute Gasteiger partial charge is 0.480 e. The number of rotatable bonds is 8. The van der Waals surface area contributed by atoms with Crippen LogP contribution in [-0.4, -0.2) is 40.1 Å². The summed E-state index contributed by atoms with van der Waals surface area (Å²) in [4.78, 5) is 16.9. The Morgan fingerprint density at radius 1 is 1.12 bits per heavy atom. The van der Waals surface area contributed by atoms with Gasteiger partial charge < -0.3 is 14.6 Å². The van der Waals surface area contributed by atoms with Crippen LogP contribution in [0.2, 0.25) is 0 Å². The highest BCUT2D eigenvalue weighted by molar-refractivity contribution is 7.98. The lowest BCUT2D eigenvalue weighted by Crippen LogP contribution is -2.39. The summed E-state index contributed by atoms with van der Waals surface area (Å²) in [5.74, 6) is -0.539. The molecular weight excluding hydrogens is 456 g/mol. The first kappa shape index (κ1) is 24.9. The van der Waals surface area contributed by atoms with Gasteiger partial charge in [-0.2, -0.15) is 13.5 Å². The second kappa shape index (κ2) is 10.9. The zero-order chi connectivity index (χ0) is 22.7. The molecule has 172 valence electrons. The van der Waals surface area contributed by atoms with E-state index in [0.29, 0.717) is 23.5 Å². The number of hydrogen-bond acceptors (Lipinski definition) is 6. The number of aliphatic carboxylic acids is 1. The molecule has 0 amide bonds. The molecule has 3 aromatic carbocycles. The number of carboxylic acid groups (broad SMARTS) is 1. The number of hydrogen-bond donors (Lipinski definition) is 3. The fraction of sp³-hybridized carbons (Fsp3) is 0.200. The van der Waals surface area contributed by atoms with Crippen LogP contribution in [0, 0.1) is 6.92 Å². The molecular formula is C25H26N2O4S2. The first-order valence-electron chi connectivity index (χ1n) is 10.2. The average Bonchev–Trinajstić information content (AvgIpc) is 3.22. The maximum absolute atomic E-state index is 11.2. The number of aliphatic hydroxyl groups is 1. The van der Waals surface area contributed by atoms with E-state index >= 15 is 0 Å². The maximum atomic E-state index is 11.2. The number of fused-ring (bicyclic) bond motifs is 1. The molecule has 0 fully saturated rings. The van der Waals surface area contributed by atoms with Crippen LogP contribution in [-0.2, 0) is 11.3 Å². The Labute approximate surface area is 203 Å². The van der Waals surface area contributed by atoms with E-state index in [-0.39, 0.29) is 13.5 Å². The van der Waals surface area contributed by atoms with Crippen LogP contribution in [0.15, 0.2) is 70.0 Å². The van der Waals surface area contributed by atoms with Crippen molar-refractivity contribution in [1.82, 2.24) is 10.3 Å². The number of nitrogens with zero attached hydrogens (tertiary/aromatic N) is 1. The predicted octanol–water partition coefficient (Wildman–Crippen LogP) is 4.84. The van der Waals surface area contributed by atoms with Gasteiger partial charge >= 0.3 is 5.97 Å². The second-order valence-electron chi connectivity index (χ2n) is 7.45. The second-order valence-corrected chi connectivity index (χ2v) is 8.30. The van der Waals surface area contributed by atoms with Crippen LogP contribution >= 0.6 is 25.3 Å². The lowest BCUT2D eigenvalue weighted by molar-refractivity contribution is -0.140. The van der Waals surface area contributed by atoms with E-state index < -0.39 is 18.6 Å². The van der Waals surface area contributed by atoms with Crippen LogP contribution in [0.5, 0.6) is 0 Å². The van der Waals surface area contributed by atoms with E-state index in [1.807, 2.05) is 48.7 Å². The number of carboxylic acids is 1. The van der Waals surface area contributed by atoms with E-state index in [2.05, 4.69) is 30.4 Å². The van der Waals surface area contributed by atoms with Gasteiger partial charge in [-0.15, -0.1) is 11.8 Å². The Balaban J connectivity index is 0.00000306. The summed E-state index contributed by atoms with van der Waals surface area (Å²) in [6.45, 7) is 1.89. The number of oxazole rings is 1. The van der Waals surface area contributed by atoms with Gasteiger partial charge in [-0.3, -0.25) is 10.1 Å². The van der Waals surface area contributed by atoms with Crippen LogP contribution in [0.3, 0.4) is 0 Å². The van der Waals surface area contributed by atoms with Crippen LogP contribution < -0.4 is 5.32 Å². The monoisotopic (exact) mass is 482 g/mol. The molecule has 1 aromatic heterocycles. The summed E-state index contributed by atoms with van der Waals surface area (Å²) in [5, 5.41) is 21.3. The lowest BCUT2D eigenvalue weighted by Gasteiger charge is -2.13. The SMILES string of the molecule is CSc1cc2oc(-c3cccc(-c4ccccc4)c3C)nc2cc1CN[C@@H](CO)C(=O)O.S. The standard InChI is InChI=1S/C25H24N2O4S.H2S/c1-15-18(16-7-4-3-5-8-16)9-6-10-19(15)24-27-20-11-17(13-26-21(14-28)25(29)30)23(32-2)12-22(20)31-24;/h3-12,21,26,28H,13-14H2,1-2H3,(H,29,30);1H2/t21-;/m0./s1. The predicted molar refractivity (Wildman–Crippen MR) is 137 cm³/mol. The summed E-state index contributed by atoms with van der Waals surface area (Å²) < 4.78 is 6.13. The highest BCUT2D eigenvalue weighted by Gasteiger charge is 2.18. The molecule has 0 unspecified atom stereocenters. The third-order valence-corrected chi connectivity index (χ3v) is 6.28. The number of benzene rings is 3. The summed E-state index contributed by atoms with van der Waals surface area (Å²) in [6, 6.07) is 19.1. The lowest BCUT2D eigenvalue weighted by atomic mass is 9.96. The fourth-order valence-corrected chi connectivity index (χ4v) is 4.32. The van der Waals surface area contributed by atoms with Crippen molar-refractivity contribution in [1.29, 1.82) is 0 Å². The third kappa shape index (κ3) is 5.25. The molecule has 0 saturated heterocycles. The number of carbonyl (C=O) groups is 1. The quantitative estimate of drug-likeness (QED) is 0.309. The number of nitrogens with one attached hydrogen (secondary N) is 1. The highest BCUT2D eigenvalue weighted by Crippen LogP contribution is 2.34. The topological polar surface area (TPSA) is 95.6 Å². The van der Waals surface area contributed by atoms with E-state index in [1.165, 1.54) is 0 Å². The van der Waals surface area contributed by atoms with E-state index in [9.17, 15) is 9.90 Å². The van der Waals surface area contributed by atoms with Crippen molar-refractivity contribution in [3.8, 4) is 22.6 Å². The molecule has 6 nitrogen and oxygen atoms in total. The van der Waals surface area contributed by atoms with Gasteiger partial charge in [-0.1, -0.05) is 42.5 Å². The van der Waals surface area contributed by atoms with Gasteiger partial charge in [0.2, 0.25) is 5.89 Å². The maximum Gasteiger partial charge on any atom is 0.323 e. The minimum Gasteiger partial charge on any atom is -0.480 e. The van der Waals surface area contributed by atoms with Crippen LogP contribution in [0.4, 0.5) is 0 Å². The highest BCUT2D eigenvalue weighted by atomic mass is 32.2. The first-order valence-corrected chi connectivity index (χ1v) is 11.4. The average molecular weight is 483 g/mol. The molecule has 0 aliphatic rings. The van der Waals surface area contributed by atoms with Gasteiger partial charge in [-0.25, -0.2) is 4.98 Å². The normalized spacial score (nSPS) is 11.8. The summed E-state index contributed by atoms with van der Waals surface area (Å²) >= 11 is 1.55. The van der Waals surface area contributed by atoms with Crippen LogP contribution in [0.25, 0.3) is 33.7 Å². The van der Waals surface area contributed by atoms with Crippen LogP contribution in [0.1, 0.15) is 11.1 Å². The zero-order valence-electron chi connectivity index (χ0n) is 18.3. The third-order valence-electron chi connectivity index (χ3n) is 5.46. The van der Waals surface area contributed by atoms with Crippen molar-refractivity contribution in [2.75, 3.05) is 12.9 Å². The molecule has 0 saturated carbocycles. The Morgan fingerprint density at radius 3 is 2.52 bits per heavy atom. The minimum atomic E-state index is -1.09. The van der Waals surface area contributed by atoms with Gasteiger partial charge in [0, 0.05) is 17.0 Å². The molecule has 33 heavy (non-hydrogen) atoms. The van der Waals surface area contributed by atoms with Crippen molar-refractivity contribution >= 4 is 42.3 Å². The minimum absolute atomic E-state index is 0. The molecule has 0 aliphatic heterocycles. The van der Waals surface area contributed by atoms with Gasteiger partial charge in [0.05, 0.1) is 6.61 Å². The Kier molecular flexibility index (Phi) is 8.20. The van der Waals surface area contributed by atoms with Crippen molar-refractivity contribution in [2.45, 2.75) is 24.4 Å². The van der Waals surface area contributed by atoms with Gasteiger partial charge in [0.1, 0.15) is 11.6 Å². The van der Waals surface area contributed by atoms with Gasteiger partial charge in [0.25, 0.3) is 0 Å². The Morgan fingerprint density at radius 2 is 1.85 bits per heavy atom. The number of aliphatic hydroxyl groups excluding tert-OH is 1. The Bertz CT molecular complexity index is 1260. The van der Waals surface area contributed by atoms with E-state index in [4.69, 9.17) is 14.5 Å². The molecule has 8 heteroatoms. The smallest absolute Gasteiger partial charge is 0.323 e. The van der Waals surface area contributed by atoms with Gasteiger partial charge in [0.15, 0.2) is 5.58 Å². The molecule has 1 heterocycles. The molecule has 1 atom stereocenters. The van der Waals surface area contributed by atoms with Crippen molar-refractivity contribution in [3.63, 3.8) is 0 Å². The fourth-order valence-electron chi connectivity index (χ4n) is 3.70.